The van der Waals surface area contributed by atoms with Crippen LogP contribution in [0.2, 0.25) is 0 Å². The third-order valence-corrected chi connectivity index (χ3v) is 3.80. The lowest BCUT2D eigenvalue weighted by Gasteiger charge is -2.20. The predicted molar refractivity (Wildman–Crippen MR) is 87.0 cm³/mol. The number of hydrogen-bond acceptors (Lipinski definition) is 6. The molecule has 1 aliphatic heterocycles. The molecule has 1 aromatic heterocycles. The van der Waals surface area contributed by atoms with Crippen molar-refractivity contribution in [2.24, 2.45) is 0 Å². The van der Waals surface area contributed by atoms with E-state index in [2.05, 4.69) is 15.0 Å². The fraction of sp³-hybridized carbons (Fsp3) is 0.294. The van der Waals surface area contributed by atoms with Crippen LogP contribution in [-0.2, 0) is 11.4 Å². The number of aliphatic hydroxyl groups is 1. The maximum absolute atomic E-state index is 12.9. The van der Waals surface area contributed by atoms with E-state index < -0.39 is 5.91 Å². The summed E-state index contributed by atoms with van der Waals surface area (Å²) in [5.41, 5.74) is 1.10. The molecule has 0 spiro atoms. The van der Waals surface area contributed by atoms with Crippen LogP contribution in [0, 0.1) is 5.82 Å². The Kier molecular flexibility index (Phi) is 4.60. The Morgan fingerprint density at radius 1 is 1.28 bits per heavy atom. The number of halogens is 1. The van der Waals surface area contributed by atoms with Crippen LogP contribution in [0.4, 0.5) is 4.39 Å². The molecule has 1 amide bonds. The van der Waals surface area contributed by atoms with Gasteiger partial charge in [0.2, 0.25) is 0 Å². The van der Waals surface area contributed by atoms with Gasteiger partial charge in [-0.1, -0.05) is 12.1 Å². The first-order valence-electron chi connectivity index (χ1n) is 7.75. The highest BCUT2D eigenvalue weighted by molar-refractivity contribution is 6.03. The molecular formula is C17H17FN4O3. The van der Waals surface area contributed by atoms with Crippen LogP contribution in [0.15, 0.2) is 36.4 Å². The number of nitrogens with zero attached hydrogens (tertiary/aromatic N) is 4. The van der Waals surface area contributed by atoms with E-state index in [0.717, 1.165) is 5.56 Å². The van der Waals surface area contributed by atoms with Crippen molar-refractivity contribution < 1.29 is 19.0 Å². The first-order valence-corrected chi connectivity index (χ1v) is 7.75. The minimum absolute atomic E-state index is 0.0526. The van der Waals surface area contributed by atoms with Gasteiger partial charge in [0.25, 0.3) is 5.91 Å². The SMILES string of the molecule is CC(C)N1CC(c2ncnc(OCc3ccc(F)cc3)n2)=C(O)C1=O. The summed E-state index contributed by atoms with van der Waals surface area (Å²) < 4.78 is 18.4. The molecule has 130 valence electrons. The Balaban J connectivity index is 1.75. The van der Waals surface area contributed by atoms with Crippen LogP contribution in [0.3, 0.4) is 0 Å². The van der Waals surface area contributed by atoms with Crippen molar-refractivity contribution in [2.75, 3.05) is 6.54 Å². The summed E-state index contributed by atoms with van der Waals surface area (Å²) >= 11 is 0. The fourth-order valence-electron chi connectivity index (χ4n) is 2.40. The van der Waals surface area contributed by atoms with Crippen LogP contribution >= 0.6 is 0 Å². The molecule has 1 N–H and O–H groups in total. The van der Waals surface area contributed by atoms with Gasteiger partial charge < -0.3 is 14.7 Å². The van der Waals surface area contributed by atoms with Crippen LogP contribution < -0.4 is 4.74 Å². The van der Waals surface area contributed by atoms with Crippen molar-refractivity contribution in [3.05, 3.63) is 53.6 Å². The number of aromatic nitrogens is 3. The second kappa shape index (κ2) is 6.84. The molecule has 0 radical (unpaired) electrons. The van der Waals surface area contributed by atoms with Crippen molar-refractivity contribution in [3.63, 3.8) is 0 Å². The van der Waals surface area contributed by atoms with Gasteiger partial charge in [0.05, 0.1) is 12.1 Å². The molecule has 0 bridgehead atoms. The molecule has 8 heteroatoms. The molecule has 0 unspecified atom stereocenters. The molecule has 0 fully saturated rings. The van der Waals surface area contributed by atoms with Crippen LogP contribution in [0.1, 0.15) is 25.2 Å². The normalized spacial score (nSPS) is 14.6. The van der Waals surface area contributed by atoms with Gasteiger partial charge in [-0.25, -0.2) is 9.37 Å². The molecule has 2 aromatic rings. The fourth-order valence-corrected chi connectivity index (χ4v) is 2.40. The molecule has 3 rings (SSSR count). The van der Waals surface area contributed by atoms with Gasteiger partial charge in [-0.05, 0) is 31.5 Å². The zero-order chi connectivity index (χ0) is 18.0. The summed E-state index contributed by atoms with van der Waals surface area (Å²) in [5.74, 6) is -0.934. The number of amides is 1. The zero-order valence-electron chi connectivity index (χ0n) is 13.8. The number of carbonyl (C=O) groups is 1. The van der Waals surface area contributed by atoms with Crippen LogP contribution in [-0.4, -0.2) is 43.5 Å². The standard InChI is InChI=1S/C17H17FN4O3/c1-10(2)22-7-13(14(23)16(22)24)15-19-9-20-17(21-15)25-8-11-3-5-12(18)6-4-11/h3-6,9-10,23H,7-8H2,1-2H3. The van der Waals surface area contributed by atoms with Crippen LogP contribution in [0.25, 0.3) is 5.57 Å². The second-order valence-corrected chi connectivity index (χ2v) is 5.86. The first kappa shape index (κ1) is 16.8. The molecule has 0 aliphatic carbocycles. The van der Waals surface area contributed by atoms with Crippen molar-refractivity contribution >= 4 is 11.5 Å². The van der Waals surface area contributed by atoms with Gasteiger partial charge in [-0.15, -0.1) is 0 Å². The van der Waals surface area contributed by atoms with E-state index >= 15 is 0 Å². The highest BCUT2D eigenvalue weighted by atomic mass is 19.1. The van der Waals surface area contributed by atoms with E-state index in [0.29, 0.717) is 5.57 Å². The number of benzene rings is 1. The first-order chi connectivity index (χ1) is 12.0. The summed E-state index contributed by atoms with van der Waals surface area (Å²) in [4.78, 5) is 25.6. The number of hydrogen-bond donors (Lipinski definition) is 1. The average Bonchev–Trinajstić information content (AvgIpc) is 2.90. The quantitative estimate of drug-likeness (QED) is 0.894. The van der Waals surface area contributed by atoms with Crippen molar-refractivity contribution in [1.29, 1.82) is 0 Å². The molecule has 0 saturated heterocycles. The van der Waals surface area contributed by atoms with E-state index in [1.165, 1.54) is 23.4 Å². The number of aliphatic hydroxyl groups excluding tert-OH is 1. The maximum Gasteiger partial charge on any atom is 0.320 e. The molecule has 0 saturated carbocycles. The highest BCUT2D eigenvalue weighted by Gasteiger charge is 2.34. The Hall–Kier alpha value is -3.03. The highest BCUT2D eigenvalue weighted by Crippen LogP contribution is 2.26. The lowest BCUT2D eigenvalue weighted by molar-refractivity contribution is -0.129. The average molecular weight is 344 g/mol. The van der Waals surface area contributed by atoms with Crippen molar-refractivity contribution in [3.8, 4) is 6.01 Å². The third-order valence-electron chi connectivity index (χ3n) is 3.80. The topological polar surface area (TPSA) is 88.4 Å². The molecule has 25 heavy (non-hydrogen) atoms. The molecule has 2 heterocycles. The minimum atomic E-state index is -0.445. The molecule has 1 aliphatic rings. The summed E-state index contributed by atoms with van der Waals surface area (Å²) in [6.07, 6.45) is 1.26. The molecular weight excluding hydrogens is 327 g/mol. The second-order valence-electron chi connectivity index (χ2n) is 5.86. The Morgan fingerprint density at radius 3 is 2.64 bits per heavy atom. The van der Waals surface area contributed by atoms with Gasteiger partial charge in [-0.2, -0.15) is 9.97 Å². The molecule has 7 nitrogen and oxygen atoms in total. The summed E-state index contributed by atoms with van der Waals surface area (Å²) in [5, 5.41) is 10.1. The zero-order valence-corrected chi connectivity index (χ0v) is 13.8. The van der Waals surface area contributed by atoms with E-state index in [-0.39, 0.29) is 42.6 Å². The van der Waals surface area contributed by atoms with Gasteiger partial charge in [-0.3, -0.25) is 4.79 Å². The van der Waals surface area contributed by atoms with E-state index in [1.54, 1.807) is 12.1 Å². The summed E-state index contributed by atoms with van der Waals surface area (Å²) in [7, 11) is 0. The number of ether oxygens (including phenoxy) is 1. The predicted octanol–water partition coefficient (Wildman–Crippen LogP) is 2.11. The minimum Gasteiger partial charge on any atom is -0.503 e. The Labute approximate surface area is 143 Å². The Bertz CT molecular complexity index is 821. The lowest BCUT2D eigenvalue weighted by Crippen LogP contribution is -2.33. The third kappa shape index (κ3) is 3.57. The van der Waals surface area contributed by atoms with Crippen LogP contribution in [0.5, 0.6) is 6.01 Å². The summed E-state index contributed by atoms with van der Waals surface area (Å²) in [6, 6.07) is 5.88. The largest absolute Gasteiger partial charge is 0.503 e. The number of carbonyl (C=O) groups excluding carboxylic acids is 1. The van der Waals surface area contributed by atoms with Crippen molar-refractivity contribution in [1.82, 2.24) is 19.9 Å². The monoisotopic (exact) mass is 344 g/mol. The van der Waals surface area contributed by atoms with Crippen molar-refractivity contribution in [2.45, 2.75) is 26.5 Å². The summed E-state index contributed by atoms with van der Waals surface area (Å²) in [6.45, 7) is 4.10. The van der Waals surface area contributed by atoms with Gasteiger partial charge >= 0.3 is 6.01 Å². The van der Waals surface area contributed by atoms with E-state index in [1.807, 2.05) is 13.8 Å². The van der Waals surface area contributed by atoms with E-state index in [9.17, 15) is 14.3 Å². The number of rotatable bonds is 5. The van der Waals surface area contributed by atoms with Gasteiger partial charge in [0.15, 0.2) is 11.6 Å². The van der Waals surface area contributed by atoms with Gasteiger partial charge in [0.1, 0.15) is 18.8 Å². The van der Waals surface area contributed by atoms with Gasteiger partial charge in [0, 0.05) is 6.04 Å². The smallest absolute Gasteiger partial charge is 0.320 e. The maximum atomic E-state index is 12.9. The lowest BCUT2D eigenvalue weighted by atomic mass is 10.2. The molecule has 0 atom stereocenters. The van der Waals surface area contributed by atoms with E-state index in [4.69, 9.17) is 4.74 Å². The Morgan fingerprint density at radius 2 is 2.00 bits per heavy atom. The molecule has 1 aromatic carbocycles.